The molecule has 0 radical (unpaired) electrons. The summed E-state index contributed by atoms with van der Waals surface area (Å²) in [6.07, 6.45) is 4.61. The van der Waals surface area contributed by atoms with Crippen molar-refractivity contribution >= 4 is 43.7 Å². The van der Waals surface area contributed by atoms with E-state index in [0.717, 1.165) is 52.4 Å². The quantitative estimate of drug-likeness (QED) is 0.528. The zero-order valence-electron chi connectivity index (χ0n) is 20.9. The zero-order valence-corrected chi connectivity index (χ0v) is 23.3. The molecule has 1 unspecified atom stereocenters. The molecule has 5 rings (SSSR count). The normalized spacial score (nSPS) is 21.6. The summed E-state index contributed by atoms with van der Waals surface area (Å²) in [5.41, 5.74) is 0.920. The van der Waals surface area contributed by atoms with Crippen molar-refractivity contribution in [1.82, 2.24) is 19.1 Å². The van der Waals surface area contributed by atoms with Crippen LogP contribution in [-0.4, -0.2) is 84.3 Å². The molecule has 37 heavy (non-hydrogen) atoms. The maximum Gasteiger partial charge on any atom is 0.335 e. The van der Waals surface area contributed by atoms with Gasteiger partial charge in [-0.2, -0.15) is 0 Å². The van der Waals surface area contributed by atoms with E-state index in [1.165, 1.54) is 12.1 Å². The Bertz CT molecular complexity index is 1260. The summed E-state index contributed by atoms with van der Waals surface area (Å²) in [5, 5.41) is 0. The average molecular weight is 591 g/mol. The monoisotopic (exact) mass is 589 g/mol. The molecular weight excluding hydrogens is 558 g/mol. The van der Waals surface area contributed by atoms with Crippen LogP contribution in [0.15, 0.2) is 51.8 Å². The van der Waals surface area contributed by atoms with Crippen molar-refractivity contribution < 1.29 is 18.0 Å². The third-order valence-electron chi connectivity index (χ3n) is 7.55. The summed E-state index contributed by atoms with van der Waals surface area (Å²) in [4.78, 5) is 37.6. The highest BCUT2D eigenvalue weighted by molar-refractivity contribution is 9.10. The fraction of sp³-hybridized carbons (Fsp3) is 0.500. The third-order valence-corrected chi connectivity index (χ3v) is 9.92. The summed E-state index contributed by atoms with van der Waals surface area (Å²) in [7, 11) is -4.06. The standard InChI is InChI=1S/C26H32BrN5O4S/c1-19-12-13-22(27)24(28-19)29-14-16-30(17-15-29)25(33)23-18-31(37(35,36)21-10-6-3-7-11-21)26(34)32(23)20-8-4-2-5-9-20/h3,6-7,10-13,20,23H,2,4-5,8-9,14-18H2,1H3. The Kier molecular flexibility index (Phi) is 7.44. The van der Waals surface area contributed by atoms with E-state index in [0.29, 0.717) is 26.2 Å². The summed E-state index contributed by atoms with van der Waals surface area (Å²) < 4.78 is 28.6. The first-order valence-corrected chi connectivity index (χ1v) is 15.1. The van der Waals surface area contributed by atoms with Gasteiger partial charge in [0.15, 0.2) is 0 Å². The van der Waals surface area contributed by atoms with Gasteiger partial charge in [0.1, 0.15) is 11.9 Å². The zero-order chi connectivity index (χ0) is 26.2. The SMILES string of the molecule is Cc1ccc(Br)c(N2CCN(C(=O)C3CN(S(=O)(=O)c4ccccc4)C(=O)N3C3CCCCC3)CC2)n1. The van der Waals surface area contributed by atoms with Crippen molar-refractivity contribution in [3.05, 3.63) is 52.6 Å². The highest BCUT2D eigenvalue weighted by atomic mass is 79.9. The van der Waals surface area contributed by atoms with Gasteiger partial charge < -0.3 is 14.7 Å². The van der Waals surface area contributed by atoms with E-state index in [4.69, 9.17) is 0 Å². The number of aryl methyl sites for hydroxylation is 1. The molecule has 0 spiro atoms. The van der Waals surface area contributed by atoms with Gasteiger partial charge in [-0.1, -0.05) is 37.5 Å². The first-order chi connectivity index (χ1) is 17.8. The lowest BCUT2D eigenvalue weighted by Gasteiger charge is -2.39. The molecule has 2 saturated heterocycles. The molecule has 9 nitrogen and oxygen atoms in total. The number of urea groups is 1. The maximum atomic E-state index is 13.8. The lowest BCUT2D eigenvalue weighted by atomic mass is 9.93. The molecule has 2 aliphatic heterocycles. The number of halogens is 1. The van der Waals surface area contributed by atoms with E-state index in [-0.39, 0.29) is 23.4 Å². The largest absolute Gasteiger partial charge is 0.352 e. The van der Waals surface area contributed by atoms with Crippen LogP contribution in [0, 0.1) is 6.92 Å². The molecule has 198 valence electrons. The number of benzene rings is 1. The van der Waals surface area contributed by atoms with Gasteiger partial charge in [-0.05, 0) is 60.0 Å². The number of piperazine rings is 1. The molecular formula is C26H32BrN5O4S. The summed E-state index contributed by atoms with van der Waals surface area (Å²) >= 11 is 3.58. The van der Waals surface area contributed by atoms with E-state index < -0.39 is 22.1 Å². The molecule has 1 aromatic carbocycles. The van der Waals surface area contributed by atoms with Gasteiger partial charge in [0.25, 0.3) is 10.0 Å². The van der Waals surface area contributed by atoms with Crippen molar-refractivity contribution in [2.45, 2.75) is 56.0 Å². The molecule has 1 saturated carbocycles. The second-order valence-electron chi connectivity index (χ2n) is 9.92. The Morgan fingerprint density at radius 3 is 2.32 bits per heavy atom. The smallest absolute Gasteiger partial charge is 0.335 e. The van der Waals surface area contributed by atoms with E-state index in [1.807, 2.05) is 19.1 Å². The topological polar surface area (TPSA) is 94.1 Å². The number of rotatable bonds is 5. The van der Waals surface area contributed by atoms with Gasteiger partial charge in [0.05, 0.1) is 15.9 Å². The molecule has 11 heteroatoms. The molecule has 3 amide bonds. The van der Waals surface area contributed by atoms with Gasteiger partial charge >= 0.3 is 6.03 Å². The molecule has 0 bridgehead atoms. The number of carbonyl (C=O) groups is 2. The lowest BCUT2D eigenvalue weighted by molar-refractivity contribution is -0.136. The van der Waals surface area contributed by atoms with Crippen LogP contribution < -0.4 is 4.90 Å². The van der Waals surface area contributed by atoms with Crippen LogP contribution in [0.25, 0.3) is 0 Å². The number of carbonyl (C=O) groups excluding carboxylic acids is 2. The van der Waals surface area contributed by atoms with Crippen molar-refractivity contribution in [3.63, 3.8) is 0 Å². The van der Waals surface area contributed by atoms with Crippen molar-refractivity contribution in [1.29, 1.82) is 0 Å². The predicted octanol–water partition coefficient (Wildman–Crippen LogP) is 3.63. The minimum Gasteiger partial charge on any atom is -0.352 e. The predicted molar refractivity (Wildman–Crippen MR) is 144 cm³/mol. The van der Waals surface area contributed by atoms with Crippen molar-refractivity contribution in [2.75, 3.05) is 37.6 Å². The number of hydrogen-bond acceptors (Lipinski definition) is 6. The number of pyridine rings is 1. The first kappa shape index (κ1) is 26.0. The number of nitrogens with zero attached hydrogens (tertiary/aromatic N) is 5. The van der Waals surface area contributed by atoms with E-state index in [1.54, 1.807) is 28.0 Å². The van der Waals surface area contributed by atoms with Gasteiger partial charge in [-0.15, -0.1) is 0 Å². The number of sulfonamides is 1. The van der Waals surface area contributed by atoms with E-state index in [9.17, 15) is 18.0 Å². The Hall–Kier alpha value is -2.66. The Balaban J connectivity index is 1.36. The molecule has 3 fully saturated rings. The number of hydrogen-bond donors (Lipinski definition) is 0. The number of anilines is 1. The van der Waals surface area contributed by atoms with E-state index in [2.05, 4.69) is 25.8 Å². The molecule has 2 aromatic rings. The van der Waals surface area contributed by atoms with Crippen LogP contribution in [0.4, 0.5) is 10.6 Å². The molecule has 3 aliphatic rings. The molecule has 3 heterocycles. The summed E-state index contributed by atoms with van der Waals surface area (Å²) in [6, 6.07) is 10.4. The van der Waals surface area contributed by atoms with E-state index >= 15 is 0 Å². The molecule has 0 N–H and O–H groups in total. The van der Waals surface area contributed by atoms with Crippen LogP contribution in [0.5, 0.6) is 0 Å². The number of aromatic nitrogens is 1. The van der Waals surface area contributed by atoms with Crippen LogP contribution in [0.2, 0.25) is 0 Å². The molecule has 1 aromatic heterocycles. The van der Waals surface area contributed by atoms with Crippen LogP contribution in [0.1, 0.15) is 37.8 Å². The van der Waals surface area contributed by atoms with Gasteiger partial charge in [-0.25, -0.2) is 22.5 Å². The van der Waals surface area contributed by atoms with Crippen LogP contribution in [0.3, 0.4) is 0 Å². The minimum absolute atomic E-state index is 0.0601. The third kappa shape index (κ3) is 5.07. The maximum absolute atomic E-state index is 13.8. The Labute approximate surface area is 226 Å². The number of amides is 3. The van der Waals surface area contributed by atoms with Crippen molar-refractivity contribution in [3.8, 4) is 0 Å². The second kappa shape index (κ2) is 10.6. The van der Waals surface area contributed by atoms with Gasteiger partial charge in [0.2, 0.25) is 5.91 Å². The second-order valence-corrected chi connectivity index (χ2v) is 12.6. The minimum atomic E-state index is -4.06. The van der Waals surface area contributed by atoms with Crippen LogP contribution >= 0.6 is 15.9 Å². The fourth-order valence-electron chi connectivity index (χ4n) is 5.57. The first-order valence-electron chi connectivity index (χ1n) is 12.8. The van der Waals surface area contributed by atoms with Gasteiger partial charge in [-0.3, -0.25) is 4.79 Å². The van der Waals surface area contributed by atoms with Crippen LogP contribution in [-0.2, 0) is 14.8 Å². The van der Waals surface area contributed by atoms with Crippen molar-refractivity contribution in [2.24, 2.45) is 0 Å². The lowest BCUT2D eigenvalue weighted by Crippen LogP contribution is -2.56. The highest BCUT2D eigenvalue weighted by Gasteiger charge is 2.50. The van der Waals surface area contributed by atoms with Gasteiger partial charge in [0, 0.05) is 37.9 Å². The summed E-state index contributed by atoms with van der Waals surface area (Å²) in [6.45, 7) is 3.97. The fourth-order valence-corrected chi connectivity index (χ4v) is 7.43. The molecule has 1 aliphatic carbocycles. The highest BCUT2D eigenvalue weighted by Crippen LogP contribution is 2.33. The Morgan fingerprint density at radius 1 is 0.973 bits per heavy atom. The average Bonchev–Trinajstić information content (AvgIpc) is 3.28. The summed E-state index contributed by atoms with van der Waals surface area (Å²) in [5.74, 6) is 0.674. The molecule has 1 atom stereocenters. The Morgan fingerprint density at radius 2 is 1.65 bits per heavy atom.